The molecule has 0 saturated carbocycles. The maximum Gasteiger partial charge on any atom is 0.269 e. The lowest BCUT2D eigenvalue weighted by atomic mass is 10.0. The molecule has 0 aromatic heterocycles. The molecule has 0 spiro atoms. The van der Waals surface area contributed by atoms with Gasteiger partial charge in [-0.25, -0.2) is 0 Å². The quantitative estimate of drug-likeness (QED) is 0.390. The number of hydrogen-bond acceptors (Lipinski definition) is 6. The van der Waals surface area contributed by atoms with Crippen LogP contribution in [0.3, 0.4) is 0 Å². The molecule has 9 nitrogen and oxygen atoms in total. The lowest BCUT2D eigenvalue weighted by Crippen LogP contribution is -2.36. The van der Waals surface area contributed by atoms with Gasteiger partial charge in [0.25, 0.3) is 23.4 Å². The Balaban J connectivity index is 1.54. The molecule has 2 unspecified atom stereocenters. The van der Waals surface area contributed by atoms with Crippen LogP contribution in [0, 0.1) is 10.1 Å². The molecule has 2 aromatic carbocycles. The van der Waals surface area contributed by atoms with Crippen molar-refractivity contribution in [1.82, 2.24) is 9.80 Å². The van der Waals surface area contributed by atoms with Crippen molar-refractivity contribution in [3.8, 4) is 0 Å². The van der Waals surface area contributed by atoms with Crippen LogP contribution in [0.4, 0.5) is 5.69 Å². The highest BCUT2D eigenvalue weighted by Crippen LogP contribution is 2.28. The Morgan fingerprint density at radius 1 is 1.22 bits per heavy atom. The monoisotopic (exact) mass is 437 g/mol. The van der Waals surface area contributed by atoms with E-state index in [2.05, 4.69) is 0 Å². The fourth-order valence-electron chi connectivity index (χ4n) is 4.08. The van der Waals surface area contributed by atoms with Crippen molar-refractivity contribution in [2.45, 2.75) is 31.9 Å². The number of carbonyl (C=O) groups excluding carboxylic acids is 3. The number of benzene rings is 2. The van der Waals surface area contributed by atoms with Crippen molar-refractivity contribution in [3.63, 3.8) is 0 Å². The van der Waals surface area contributed by atoms with Gasteiger partial charge in [0.2, 0.25) is 0 Å². The van der Waals surface area contributed by atoms with E-state index < -0.39 is 16.9 Å². The summed E-state index contributed by atoms with van der Waals surface area (Å²) in [5, 5.41) is 11.1. The lowest BCUT2D eigenvalue weighted by molar-refractivity contribution is -0.384. The van der Waals surface area contributed by atoms with Gasteiger partial charge >= 0.3 is 0 Å². The summed E-state index contributed by atoms with van der Waals surface area (Å²) in [7, 11) is 1.59. The molecular weight excluding hydrogens is 414 g/mol. The number of hydrogen-bond donors (Lipinski definition) is 0. The van der Waals surface area contributed by atoms with Crippen LogP contribution in [0.1, 0.15) is 62.4 Å². The topological polar surface area (TPSA) is 110 Å². The summed E-state index contributed by atoms with van der Waals surface area (Å²) in [6, 6.07) is 10.2. The van der Waals surface area contributed by atoms with Crippen LogP contribution in [-0.2, 0) is 4.74 Å². The molecule has 3 amide bonds. The molecule has 0 aliphatic carbocycles. The molecule has 9 heteroatoms. The van der Waals surface area contributed by atoms with Gasteiger partial charge in [-0.3, -0.25) is 29.4 Å². The predicted molar refractivity (Wildman–Crippen MR) is 114 cm³/mol. The molecule has 166 valence electrons. The van der Waals surface area contributed by atoms with Crippen LogP contribution in [0.25, 0.3) is 0 Å². The number of nitro benzene ring substituents is 1. The minimum absolute atomic E-state index is 0.0526. The summed E-state index contributed by atoms with van der Waals surface area (Å²) in [6.07, 6.45) is 1.55. The Kier molecular flexibility index (Phi) is 5.75. The molecule has 2 atom stereocenters. The smallest absolute Gasteiger partial charge is 0.269 e. The first-order valence-corrected chi connectivity index (χ1v) is 10.4. The SMILES string of the molecule is CC(c1cccc([N+](=O)[O-])c1)N(C)C(=O)c1ccc2c(c1)C(=O)N(CC1CCCO1)C2=O. The minimum Gasteiger partial charge on any atom is -0.376 e. The van der Waals surface area contributed by atoms with Gasteiger partial charge < -0.3 is 9.64 Å². The Morgan fingerprint density at radius 2 is 1.97 bits per heavy atom. The van der Waals surface area contributed by atoms with Crippen LogP contribution in [0.15, 0.2) is 42.5 Å². The van der Waals surface area contributed by atoms with E-state index in [-0.39, 0.29) is 46.8 Å². The third-order valence-corrected chi connectivity index (χ3v) is 6.09. The van der Waals surface area contributed by atoms with Crippen molar-refractivity contribution < 1.29 is 24.0 Å². The number of carbonyl (C=O) groups is 3. The molecule has 2 aliphatic heterocycles. The zero-order chi connectivity index (χ0) is 23.0. The Morgan fingerprint density at radius 3 is 2.66 bits per heavy atom. The molecule has 2 aliphatic rings. The number of imide groups is 1. The Hall–Kier alpha value is -3.59. The van der Waals surface area contributed by atoms with E-state index in [1.54, 1.807) is 26.1 Å². The standard InChI is InChI=1S/C23H23N3O6/c1-14(15-5-3-6-17(11-15)26(30)31)24(2)21(27)16-8-9-19-20(12-16)23(29)25(22(19)28)13-18-7-4-10-32-18/h3,5-6,8-9,11-12,14,18H,4,7,10,13H2,1-2H3. The average Bonchev–Trinajstić information content (AvgIpc) is 3.40. The molecule has 2 heterocycles. The second-order valence-corrected chi connectivity index (χ2v) is 8.06. The van der Waals surface area contributed by atoms with Gasteiger partial charge in [0.15, 0.2) is 0 Å². The van der Waals surface area contributed by atoms with Gasteiger partial charge in [-0.15, -0.1) is 0 Å². The molecule has 1 saturated heterocycles. The zero-order valence-electron chi connectivity index (χ0n) is 17.8. The van der Waals surface area contributed by atoms with Gasteiger partial charge in [0.1, 0.15) is 0 Å². The third kappa shape index (κ3) is 3.87. The molecule has 32 heavy (non-hydrogen) atoms. The highest BCUT2D eigenvalue weighted by Gasteiger charge is 2.38. The van der Waals surface area contributed by atoms with Crippen molar-refractivity contribution in [3.05, 3.63) is 74.8 Å². The predicted octanol–water partition coefficient (Wildman–Crippen LogP) is 3.20. The van der Waals surface area contributed by atoms with Gasteiger partial charge in [0.05, 0.1) is 34.7 Å². The third-order valence-electron chi connectivity index (χ3n) is 6.09. The number of non-ortho nitro benzene ring substituents is 1. The summed E-state index contributed by atoms with van der Waals surface area (Å²) < 4.78 is 5.55. The van der Waals surface area contributed by atoms with E-state index in [9.17, 15) is 24.5 Å². The summed E-state index contributed by atoms with van der Waals surface area (Å²) in [6.45, 7) is 2.60. The summed E-state index contributed by atoms with van der Waals surface area (Å²) in [5.41, 5.74) is 1.31. The van der Waals surface area contributed by atoms with Crippen LogP contribution >= 0.6 is 0 Å². The highest BCUT2D eigenvalue weighted by atomic mass is 16.6. The number of amides is 3. The number of fused-ring (bicyclic) bond motifs is 1. The Labute approximate surface area is 184 Å². The maximum absolute atomic E-state index is 13.1. The minimum atomic E-state index is -0.483. The molecule has 2 aromatic rings. The lowest BCUT2D eigenvalue weighted by Gasteiger charge is -2.25. The first-order chi connectivity index (χ1) is 15.3. The Bertz CT molecular complexity index is 1110. The van der Waals surface area contributed by atoms with Crippen molar-refractivity contribution in [1.29, 1.82) is 0 Å². The van der Waals surface area contributed by atoms with Gasteiger partial charge in [-0.05, 0) is 43.5 Å². The number of ether oxygens (including phenoxy) is 1. The first-order valence-electron chi connectivity index (χ1n) is 10.4. The molecule has 0 radical (unpaired) electrons. The fourth-order valence-corrected chi connectivity index (χ4v) is 4.08. The molecule has 4 rings (SSSR count). The van der Waals surface area contributed by atoms with Crippen molar-refractivity contribution >= 4 is 23.4 Å². The van der Waals surface area contributed by atoms with Gasteiger partial charge in [-0.1, -0.05) is 12.1 Å². The summed E-state index contributed by atoms with van der Waals surface area (Å²) >= 11 is 0. The number of rotatable bonds is 6. The molecule has 0 N–H and O–H groups in total. The second-order valence-electron chi connectivity index (χ2n) is 8.06. The normalized spacial score (nSPS) is 18.6. The molecule has 0 bridgehead atoms. The van der Waals surface area contributed by atoms with Gasteiger partial charge in [0, 0.05) is 31.4 Å². The number of nitrogens with zero attached hydrogens (tertiary/aromatic N) is 3. The van der Waals surface area contributed by atoms with E-state index in [1.165, 1.54) is 40.1 Å². The van der Waals surface area contributed by atoms with E-state index in [0.717, 1.165) is 12.8 Å². The molecule has 1 fully saturated rings. The largest absolute Gasteiger partial charge is 0.376 e. The maximum atomic E-state index is 13.1. The van der Waals surface area contributed by atoms with Crippen LogP contribution in [0.5, 0.6) is 0 Å². The van der Waals surface area contributed by atoms with Gasteiger partial charge in [-0.2, -0.15) is 0 Å². The van der Waals surface area contributed by atoms with E-state index in [4.69, 9.17) is 4.74 Å². The second kappa shape index (κ2) is 8.51. The van der Waals surface area contributed by atoms with Crippen molar-refractivity contribution in [2.75, 3.05) is 20.2 Å². The van der Waals surface area contributed by atoms with E-state index >= 15 is 0 Å². The van der Waals surface area contributed by atoms with Crippen LogP contribution in [0.2, 0.25) is 0 Å². The summed E-state index contributed by atoms with van der Waals surface area (Å²) in [4.78, 5) is 51.8. The number of nitro groups is 1. The average molecular weight is 437 g/mol. The van der Waals surface area contributed by atoms with Crippen LogP contribution < -0.4 is 0 Å². The van der Waals surface area contributed by atoms with Crippen molar-refractivity contribution in [2.24, 2.45) is 0 Å². The van der Waals surface area contributed by atoms with E-state index in [0.29, 0.717) is 12.2 Å². The highest BCUT2D eigenvalue weighted by molar-refractivity contribution is 6.22. The summed E-state index contributed by atoms with van der Waals surface area (Å²) in [5.74, 6) is -1.16. The van der Waals surface area contributed by atoms with E-state index in [1.807, 2.05) is 0 Å². The first kappa shape index (κ1) is 21.6. The zero-order valence-corrected chi connectivity index (χ0v) is 17.8. The molecular formula is C23H23N3O6. The fraction of sp³-hybridized carbons (Fsp3) is 0.348. The van der Waals surface area contributed by atoms with Crippen LogP contribution in [-0.4, -0.2) is 58.7 Å².